The molecule has 1 aliphatic rings. The van der Waals surface area contributed by atoms with E-state index in [0.29, 0.717) is 6.42 Å². The normalized spacial score (nSPS) is 16.3. The highest BCUT2D eigenvalue weighted by atomic mass is 79.9. The quantitative estimate of drug-likeness (QED) is 0.760. The number of aliphatic hydroxyl groups excluding tert-OH is 1. The number of thiophene rings is 1. The summed E-state index contributed by atoms with van der Waals surface area (Å²) in [5, 5.41) is 12.0. The Morgan fingerprint density at radius 1 is 1.47 bits per heavy atom. The van der Waals surface area contributed by atoms with E-state index in [1.807, 2.05) is 6.07 Å². The average Bonchev–Trinajstić information content (AvgIpc) is 3.02. The van der Waals surface area contributed by atoms with Gasteiger partial charge in [-0.3, -0.25) is 4.79 Å². The van der Waals surface area contributed by atoms with Crippen molar-refractivity contribution in [1.29, 1.82) is 0 Å². The second-order valence-electron chi connectivity index (χ2n) is 5.31. The van der Waals surface area contributed by atoms with E-state index >= 15 is 0 Å². The molecule has 0 radical (unpaired) electrons. The van der Waals surface area contributed by atoms with Gasteiger partial charge in [0.25, 0.3) is 0 Å². The van der Waals surface area contributed by atoms with Gasteiger partial charge < -0.3 is 10.4 Å². The number of rotatable bonds is 8. The van der Waals surface area contributed by atoms with Gasteiger partial charge in [-0.25, -0.2) is 0 Å². The fraction of sp³-hybridized carbons (Fsp3) is 0.643. The van der Waals surface area contributed by atoms with Gasteiger partial charge in [0.05, 0.1) is 3.79 Å². The van der Waals surface area contributed by atoms with Crippen molar-refractivity contribution >= 4 is 33.2 Å². The molecule has 1 amide bonds. The SMILES string of the molecule is O=C(CCCc1ccc(Br)s1)NCC1(CCO)CC1. The van der Waals surface area contributed by atoms with Crippen LogP contribution >= 0.6 is 27.3 Å². The molecule has 0 spiro atoms. The number of amides is 1. The van der Waals surface area contributed by atoms with Gasteiger partial charge in [-0.1, -0.05) is 0 Å². The second-order valence-corrected chi connectivity index (χ2v) is 7.86. The lowest BCUT2D eigenvalue weighted by Crippen LogP contribution is -2.30. The summed E-state index contributed by atoms with van der Waals surface area (Å²) < 4.78 is 1.15. The molecule has 0 atom stereocenters. The standard InChI is InChI=1S/C14H20BrNO2S/c15-12-5-4-11(19-12)2-1-3-13(18)16-10-14(6-7-14)8-9-17/h4-5,17H,1-3,6-10H2,(H,16,18). The molecule has 0 aromatic carbocycles. The first-order valence-electron chi connectivity index (χ1n) is 6.75. The maximum atomic E-state index is 11.7. The Morgan fingerprint density at radius 3 is 2.84 bits per heavy atom. The molecular weight excluding hydrogens is 326 g/mol. The maximum absolute atomic E-state index is 11.7. The lowest BCUT2D eigenvalue weighted by molar-refractivity contribution is -0.121. The Kier molecular flexibility index (Phi) is 5.42. The smallest absolute Gasteiger partial charge is 0.220 e. The predicted octanol–water partition coefficient (Wildman–Crippen LogP) is 3.11. The molecule has 3 nitrogen and oxygen atoms in total. The fourth-order valence-electron chi connectivity index (χ4n) is 2.21. The zero-order valence-electron chi connectivity index (χ0n) is 11.0. The molecule has 1 fully saturated rings. The molecule has 1 aromatic heterocycles. The van der Waals surface area contributed by atoms with Crippen LogP contribution in [0.3, 0.4) is 0 Å². The van der Waals surface area contributed by atoms with E-state index in [0.717, 1.165) is 42.4 Å². The monoisotopic (exact) mass is 345 g/mol. The highest BCUT2D eigenvalue weighted by molar-refractivity contribution is 9.11. The van der Waals surface area contributed by atoms with Gasteiger partial charge in [0.2, 0.25) is 5.91 Å². The van der Waals surface area contributed by atoms with Crippen LogP contribution in [0.1, 0.15) is 37.0 Å². The minimum atomic E-state index is 0.139. The van der Waals surface area contributed by atoms with Crippen LogP contribution < -0.4 is 5.32 Å². The number of carbonyl (C=O) groups is 1. The molecule has 19 heavy (non-hydrogen) atoms. The highest BCUT2D eigenvalue weighted by Gasteiger charge is 2.41. The first kappa shape index (κ1) is 15.0. The number of carbonyl (C=O) groups excluding carboxylic acids is 1. The molecule has 2 N–H and O–H groups in total. The largest absolute Gasteiger partial charge is 0.396 e. The third-order valence-electron chi connectivity index (χ3n) is 3.72. The van der Waals surface area contributed by atoms with Crippen LogP contribution in [0.5, 0.6) is 0 Å². The topological polar surface area (TPSA) is 49.3 Å². The third kappa shape index (κ3) is 4.89. The van der Waals surface area contributed by atoms with Gasteiger partial charge in [0.1, 0.15) is 0 Å². The van der Waals surface area contributed by atoms with E-state index in [2.05, 4.69) is 27.3 Å². The van der Waals surface area contributed by atoms with Crippen LogP contribution in [0, 0.1) is 5.41 Å². The molecule has 0 aliphatic heterocycles. The van der Waals surface area contributed by atoms with Crippen LogP contribution in [0.2, 0.25) is 0 Å². The van der Waals surface area contributed by atoms with Gasteiger partial charge in [0, 0.05) is 24.4 Å². The van der Waals surface area contributed by atoms with E-state index < -0.39 is 0 Å². The van der Waals surface area contributed by atoms with E-state index in [4.69, 9.17) is 5.11 Å². The van der Waals surface area contributed by atoms with Crippen molar-refractivity contribution in [2.24, 2.45) is 5.41 Å². The van der Waals surface area contributed by atoms with Gasteiger partial charge in [-0.2, -0.15) is 0 Å². The number of hydrogen-bond acceptors (Lipinski definition) is 3. The van der Waals surface area contributed by atoms with E-state index in [1.54, 1.807) is 11.3 Å². The second kappa shape index (κ2) is 6.86. The summed E-state index contributed by atoms with van der Waals surface area (Å²) in [5.74, 6) is 0.139. The predicted molar refractivity (Wildman–Crippen MR) is 81.3 cm³/mol. The zero-order valence-corrected chi connectivity index (χ0v) is 13.4. The molecular formula is C14H20BrNO2S. The Balaban J connectivity index is 1.60. The minimum absolute atomic E-state index is 0.139. The summed E-state index contributed by atoms with van der Waals surface area (Å²) in [6, 6.07) is 4.15. The van der Waals surface area contributed by atoms with Crippen LogP contribution in [0.15, 0.2) is 15.9 Å². The van der Waals surface area contributed by atoms with Gasteiger partial charge in [-0.15, -0.1) is 11.3 Å². The Bertz CT molecular complexity index is 429. The molecule has 0 bridgehead atoms. The number of aryl methyl sites for hydroxylation is 1. The summed E-state index contributed by atoms with van der Waals surface area (Å²) >= 11 is 5.17. The number of aliphatic hydroxyl groups is 1. The van der Waals surface area contributed by atoms with Crippen molar-refractivity contribution < 1.29 is 9.90 Å². The van der Waals surface area contributed by atoms with Crippen LogP contribution in [-0.2, 0) is 11.2 Å². The van der Waals surface area contributed by atoms with Crippen molar-refractivity contribution in [3.05, 3.63) is 20.8 Å². The van der Waals surface area contributed by atoms with E-state index in [-0.39, 0.29) is 17.9 Å². The zero-order chi connectivity index (χ0) is 13.7. The number of nitrogens with one attached hydrogen (secondary N) is 1. The third-order valence-corrected chi connectivity index (χ3v) is 5.40. The van der Waals surface area contributed by atoms with Crippen molar-refractivity contribution in [2.45, 2.75) is 38.5 Å². The lowest BCUT2D eigenvalue weighted by atomic mass is 10.0. The van der Waals surface area contributed by atoms with Gasteiger partial charge in [0.15, 0.2) is 0 Å². The van der Waals surface area contributed by atoms with Crippen LogP contribution in [-0.4, -0.2) is 24.2 Å². The maximum Gasteiger partial charge on any atom is 0.220 e. The van der Waals surface area contributed by atoms with E-state index in [9.17, 15) is 4.79 Å². The number of hydrogen-bond donors (Lipinski definition) is 2. The summed E-state index contributed by atoms with van der Waals surface area (Å²) in [6.07, 6.45) is 5.53. The van der Waals surface area contributed by atoms with Gasteiger partial charge >= 0.3 is 0 Å². The molecule has 1 saturated carbocycles. The van der Waals surface area contributed by atoms with Crippen LogP contribution in [0.25, 0.3) is 0 Å². The minimum Gasteiger partial charge on any atom is -0.396 e. The number of halogens is 1. The average molecular weight is 346 g/mol. The van der Waals surface area contributed by atoms with Crippen molar-refractivity contribution in [3.8, 4) is 0 Å². The Hall–Kier alpha value is -0.390. The fourth-order valence-corrected chi connectivity index (χ4v) is 3.74. The summed E-state index contributed by atoms with van der Waals surface area (Å²) in [4.78, 5) is 13.1. The molecule has 1 heterocycles. The summed E-state index contributed by atoms with van der Waals surface area (Å²) in [7, 11) is 0. The Morgan fingerprint density at radius 2 is 2.26 bits per heavy atom. The molecule has 1 aliphatic carbocycles. The first-order chi connectivity index (χ1) is 9.13. The highest BCUT2D eigenvalue weighted by Crippen LogP contribution is 2.47. The molecule has 0 saturated heterocycles. The van der Waals surface area contributed by atoms with E-state index in [1.165, 1.54) is 4.88 Å². The Labute approximate surface area is 126 Å². The molecule has 2 rings (SSSR count). The van der Waals surface area contributed by atoms with Crippen LogP contribution in [0.4, 0.5) is 0 Å². The van der Waals surface area contributed by atoms with Gasteiger partial charge in [-0.05, 0) is 65.6 Å². The first-order valence-corrected chi connectivity index (χ1v) is 8.36. The summed E-state index contributed by atoms with van der Waals surface area (Å²) in [5.41, 5.74) is 0.211. The lowest BCUT2D eigenvalue weighted by Gasteiger charge is -2.14. The molecule has 5 heteroatoms. The summed E-state index contributed by atoms with van der Waals surface area (Å²) in [6.45, 7) is 0.958. The molecule has 0 unspecified atom stereocenters. The van der Waals surface area contributed by atoms with Crippen molar-refractivity contribution in [3.63, 3.8) is 0 Å². The molecule has 1 aromatic rings. The van der Waals surface area contributed by atoms with Crippen molar-refractivity contribution in [2.75, 3.05) is 13.2 Å². The molecule has 106 valence electrons. The van der Waals surface area contributed by atoms with Crippen molar-refractivity contribution in [1.82, 2.24) is 5.32 Å².